The summed E-state index contributed by atoms with van der Waals surface area (Å²) in [5.74, 6) is 0. The van der Waals surface area contributed by atoms with Gasteiger partial charge in [0.15, 0.2) is 0 Å². The summed E-state index contributed by atoms with van der Waals surface area (Å²) in [5.41, 5.74) is 4.14. The first-order valence-electron chi connectivity index (χ1n) is 6.63. The Kier molecular flexibility index (Phi) is 2.48. The van der Waals surface area contributed by atoms with Gasteiger partial charge < -0.3 is 4.42 Å². The molecule has 4 aromatic rings. The second kappa shape index (κ2) is 4.46. The zero-order valence-corrected chi connectivity index (χ0v) is 11.1. The Hall–Kier alpha value is -3.12. The number of rotatable bonds is 1. The Morgan fingerprint density at radius 2 is 1.86 bits per heavy atom. The Bertz CT molecular complexity index is 994. The summed E-state index contributed by atoms with van der Waals surface area (Å²) in [6, 6.07) is 19.5. The van der Waals surface area contributed by atoms with Gasteiger partial charge in [-0.3, -0.25) is 4.98 Å². The van der Waals surface area contributed by atoms with Crippen LogP contribution in [0.2, 0.25) is 0 Å². The van der Waals surface area contributed by atoms with Gasteiger partial charge in [0, 0.05) is 22.5 Å². The second-order valence-corrected chi connectivity index (χ2v) is 4.85. The molecule has 0 saturated carbocycles. The van der Waals surface area contributed by atoms with Gasteiger partial charge in [-0.1, -0.05) is 6.07 Å². The lowest BCUT2D eigenvalue weighted by Crippen LogP contribution is -1.81. The number of nitriles is 1. The van der Waals surface area contributed by atoms with E-state index in [9.17, 15) is 0 Å². The maximum atomic E-state index is 8.96. The van der Waals surface area contributed by atoms with Gasteiger partial charge in [-0.15, -0.1) is 0 Å². The van der Waals surface area contributed by atoms with E-state index in [-0.39, 0.29) is 0 Å². The van der Waals surface area contributed by atoms with Crippen LogP contribution in [0.15, 0.2) is 65.2 Å². The van der Waals surface area contributed by atoms with Crippen molar-refractivity contribution in [3.63, 3.8) is 0 Å². The molecule has 0 aliphatic carbocycles. The molecule has 0 saturated heterocycles. The highest BCUT2D eigenvalue weighted by Crippen LogP contribution is 2.32. The van der Waals surface area contributed by atoms with Crippen LogP contribution in [-0.4, -0.2) is 4.98 Å². The molecular weight excluding hydrogens is 260 g/mol. The quantitative estimate of drug-likeness (QED) is 0.511. The topological polar surface area (TPSA) is 49.8 Å². The number of furan rings is 1. The van der Waals surface area contributed by atoms with Crippen LogP contribution in [0.25, 0.3) is 33.2 Å². The maximum absolute atomic E-state index is 8.96. The molecule has 0 spiro atoms. The standard InChI is InChI=1S/C18H10N2O/c19-11-12-4-6-14-15-10-13(16-3-1-2-8-20-16)5-7-17(15)21-18(14)9-12/h1-10H. The van der Waals surface area contributed by atoms with Gasteiger partial charge in [0.25, 0.3) is 0 Å². The number of benzene rings is 2. The summed E-state index contributed by atoms with van der Waals surface area (Å²) < 4.78 is 5.81. The molecule has 4 rings (SSSR count). The Morgan fingerprint density at radius 3 is 2.67 bits per heavy atom. The number of fused-ring (bicyclic) bond motifs is 3. The highest BCUT2D eigenvalue weighted by atomic mass is 16.3. The molecule has 3 heteroatoms. The molecule has 0 radical (unpaired) electrons. The molecular formula is C18H10N2O. The van der Waals surface area contributed by atoms with Crippen LogP contribution < -0.4 is 0 Å². The number of hydrogen-bond donors (Lipinski definition) is 0. The minimum Gasteiger partial charge on any atom is -0.456 e. The minimum atomic E-state index is 0.603. The van der Waals surface area contributed by atoms with Crippen molar-refractivity contribution in [2.75, 3.05) is 0 Å². The third-order valence-corrected chi connectivity index (χ3v) is 3.56. The van der Waals surface area contributed by atoms with E-state index in [0.29, 0.717) is 5.56 Å². The first-order chi connectivity index (χ1) is 10.3. The molecule has 0 atom stereocenters. The third-order valence-electron chi connectivity index (χ3n) is 3.56. The SMILES string of the molecule is N#Cc1ccc2c(c1)oc1ccc(-c3ccccn3)cc12. The molecule has 0 aliphatic rings. The second-order valence-electron chi connectivity index (χ2n) is 4.85. The minimum absolute atomic E-state index is 0.603. The molecule has 0 aliphatic heterocycles. The van der Waals surface area contributed by atoms with Gasteiger partial charge in [-0.25, -0.2) is 0 Å². The van der Waals surface area contributed by atoms with Gasteiger partial charge in [0.2, 0.25) is 0 Å². The lowest BCUT2D eigenvalue weighted by molar-refractivity contribution is 0.669. The summed E-state index contributed by atoms with van der Waals surface area (Å²) in [4.78, 5) is 4.37. The normalized spacial score (nSPS) is 10.8. The molecule has 2 aromatic heterocycles. The Morgan fingerprint density at radius 1 is 0.905 bits per heavy atom. The summed E-state index contributed by atoms with van der Waals surface area (Å²) in [7, 11) is 0. The molecule has 0 bridgehead atoms. The Labute approximate surface area is 121 Å². The number of pyridine rings is 1. The summed E-state index contributed by atoms with van der Waals surface area (Å²) >= 11 is 0. The third kappa shape index (κ3) is 1.86. The highest BCUT2D eigenvalue weighted by Gasteiger charge is 2.09. The van der Waals surface area contributed by atoms with Crippen LogP contribution in [0.3, 0.4) is 0 Å². The van der Waals surface area contributed by atoms with Crippen LogP contribution in [0, 0.1) is 11.3 Å². The van der Waals surface area contributed by atoms with E-state index in [4.69, 9.17) is 9.68 Å². The van der Waals surface area contributed by atoms with E-state index in [0.717, 1.165) is 33.2 Å². The molecule has 98 valence electrons. The van der Waals surface area contributed by atoms with Gasteiger partial charge in [-0.05, 0) is 48.5 Å². The van der Waals surface area contributed by atoms with Crippen molar-refractivity contribution in [2.24, 2.45) is 0 Å². The van der Waals surface area contributed by atoms with Crippen molar-refractivity contribution in [3.8, 4) is 17.3 Å². The summed E-state index contributed by atoms with van der Waals surface area (Å²) in [5, 5.41) is 11.0. The van der Waals surface area contributed by atoms with Crippen molar-refractivity contribution in [1.82, 2.24) is 4.98 Å². The smallest absolute Gasteiger partial charge is 0.136 e. The summed E-state index contributed by atoms with van der Waals surface area (Å²) in [6.07, 6.45) is 1.78. The van der Waals surface area contributed by atoms with E-state index in [1.165, 1.54) is 0 Å². The van der Waals surface area contributed by atoms with Crippen molar-refractivity contribution >= 4 is 21.9 Å². The predicted molar refractivity (Wildman–Crippen MR) is 81.7 cm³/mol. The fourth-order valence-electron chi connectivity index (χ4n) is 2.54. The van der Waals surface area contributed by atoms with Crippen molar-refractivity contribution in [2.45, 2.75) is 0 Å². The van der Waals surface area contributed by atoms with Gasteiger partial charge >= 0.3 is 0 Å². The van der Waals surface area contributed by atoms with E-state index < -0.39 is 0 Å². The molecule has 0 amide bonds. The fourth-order valence-corrected chi connectivity index (χ4v) is 2.54. The van der Waals surface area contributed by atoms with E-state index in [1.54, 1.807) is 12.3 Å². The fraction of sp³-hybridized carbons (Fsp3) is 0. The zero-order chi connectivity index (χ0) is 14.2. The van der Waals surface area contributed by atoms with E-state index in [2.05, 4.69) is 17.1 Å². The molecule has 0 unspecified atom stereocenters. The average Bonchev–Trinajstić information content (AvgIpc) is 2.92. The average molecular weight is 270 g/mol. The lowest BCUT2D eigenvalue weighted by atomic mass is 10.1. The number of hydrogen-bond acceptors (Lipinski definition) is 3. The number of nitrogens with zero attached hydrogens (tertiary/aromatic N) is 2. The van der Waals surface area contributed by atoms with Crippen LogP contribution >= 0.6 is 0 Å². The van der Waals surface area contributed by atoms with Gasteiger partial charge in [-0.2, -0.15) is 5.26 Å². The summed E-state index contributed by atoms with van der Waals surface area (Å²) in [6.45, 7) is 0. The molecule has 0 N–H and O–H groups in total. The van der Waals surface area contributed by atoms with Gasteiger partial charge in [0.1, 0.15) is 11.2 Å². The predicted octanol–water partition coefficient (Wildman–Crippen LogP) is 4.52. The highest BCUT2D eigenvalue weighted by molar-refractivity contribution is 6.06. The largest absolute Gasteiger partial charge is 0.456 e. The van der Waals surface area contributed by atoms with Crippen LogP contribution in [0.5, 0.6) is 0 Å². The van der Waals surface area contributed by atoms with Crippen LogP contribution in [0.4, 0.5) is 0 Å². The van der Waals surface area contributed by atoms with Crippen molar-refractivity contribution in [3.05, 3.63) is 66.4 Å². The lowest BCUT2D eigenvalue weighted by Gasteiger charge is -1.99. The van der Waals surface area contributed by atoms with E-state index in [1.807, 2.05) is 42.5 Å². The first kappa shape index (κ1) is 11.7. The molecule has 3 nitrogen and oxygen atoms in total. The van der Waals surface area contributed by atoms with Gasteiger partial charge in [0.05, 0.1) is 17.3 Å². The van der Waals surface area contributed by atoms with Crippen LogP contribution in [0.1, 0.15) is 5.56 Å². The monoisotopic (exact) mass is 270 g/mol. The van der Waals surface area contributed by atoms with Crippen molar-refractivity contribution in [1.29, 1.82) is 5.26 Å². The van der Waals surface area contributed by atoms with E-state index >= 15 is 0 Å². The number of aromatic nitrogens is 1. The molecule has 21 heavy (non-hydrogen) atoms. The molecule has 2 heterocycles. The van der Waals surface area contributed by atoms with Crippen molar-refractivity contribution < 1.29 is 4.42 Å². The van der Waals surface area contributed by atoms with Crippen LogP contribution in [-0.2, 0) is 0 Å². The first-order valence-corrected chi connectivity index (χ1v) is 6.63. The molecule has 0 fully saturated rings. The maximum Gasteiger partial charge on any atom is 0.136 e. The Balaban J connectivity index is 1.99. The molecule has 2 aromatic carbocycles. The zero-order valence-electron chi connectivity index (χ0n) is 11.1.